The molecule has 1 aromatic rings. The average molecular weight is 250 g/mol. The van der Waals surface area contributed by atoms with E-state index in [0.717, 1.165) is 24.6 Å². The van der Waals surface area contributed by atoms with E-state index in [1.165, 1.54) is 0 Å². The summed E-state index contributed by atoms with van der Waals surface area (Å²) in [6, 6.07) is 5.82. The van der Waals surface area contributed by atoms with Crippen molar-refractivity contribution in [2.45, 2.75) is 13.5 Å². The van der Waals surface area contributed by atoms with Gasteiger partial charge in [0, 0.05) is 27.1 Å². The first kappa shape index (κ1) is 14.4. The first-order valence-corrected chi connectivity index (χ1v) is 6.05. The fraction of sp³-hybridized carbons (Fsp3) is 0.538. The van der Waals surface area contributed by atoms with Gasteiger partial charge in [-0.15, -0.1) is 0 Å². The van der Waals surface area contributed by atoms with E-state index in [9.17, 15) is 4.79 Å². The molecule has 0 radical (unpaired) electrons. The minimum absolute atomic E-state index is 0.0442. The van der Waals surface area contributed by atoms with Crippen molar-refractivity contribution in [3.05, 3.63) is 23.9 Å². The van der Waals surface area contributed by atoms with Gasteiger partial charge < -0.3 is 15.1 Å². The molecule has 0 bridgehead atoms. The monoisotopic (exact) mass is 250 g/mol. The molecule has 0 unspecified atom stereocenters. The first-order valence-electron chi connectivity index (χ1n) is 6.05. The number of hydrogen-bond donors (Lipinski definition) is 1. The number of anilines is 1. The molecule has 5 nitrogen and oxygen atoms in total. The number of pyridine rings is 1. The summed E-state index contributed by atoms with van der Waals surface area (Å²) >= 11 is 0. The van der Waals surface area contributed by atoms with Crippen molar-refractivity contribution in [2.24, 2.45) is 0 Å². The quantitative estimate of drug-likeness (QED) is 0.819. The maximum absolute atomic E-state index is 11.2. The van der Waals surface area contributed by atoms with Crippen LogP contribution in [-0.2, 0) is 11.3 Å². The van der Waals surface area contributed by atoms with Crippen LogP contribution in [0.15, 0.2) is 18.2 Å². The van der Waals surface area contributed by atoms with Crippen LogP contribution < -0.4 is 5.32 Å². The molecule has 1 aromatic heterocycles. The number of rotatable bonds is 6. The molecule has 0 atom stereocenters. The van der Waals surface area contributed by atoms with Gasteiger partial charge in [0.15, 0.2) is 0 Å². The number of nitrogens with one attached hydrogen (secondary N) is 1. The topological polar surface area (TPSA) is 48.5 Å². The number of nitrogens with zero attached hydrogens (tertiary/aromatic N) is 3. The van der Waals surface area contributed by atoms with Gasteiger partial charge in [-0.05, 0) is 26.2 Å². The second kappa shape index (κ2) is 6.96. The van der Waals surface area contributed by atoms with Crippen LogP contribution in [0.5, 0.6) is 0 Å². The summed E-state index contributed by atoms with van der Waals surface area (Å²) in [7, 11) is 5.84. The van der Waals surface area contributed by atoms with Gasteiger partial charge in [-0.2, -0.15) is 0 Å². The molecule has 0 fully saturated rings. The van der Waals surface area contributed by atoms with E-state index in [4.69, 9.17) is 0 Å². The highest BCUT2D eigenvalue weighted by atomic mass is 16.2. The van der Waals surface area contributed by atoms with Crippen LogP contribution in [0.25, 0.3) is 0 Å². The number of aromatic nitrogens is 1. The van der Waals surface area contributed by atoms with Crippen molar-refractivity contribution < 1.29 is 4.79 Å². The molecule has 100 valence electrons. The van der Waals surface area contributed by atoms with Crippen LogP contribution in [0, 0.1) is 0 Å². The van der Waals surface area contributed by atoms with Crippen molar-refractivity contribution in [1.82, 2.24) is 14.8 Å². The molecule has 0 aliphatic carbocycles. The van der Waals surface area contributed by atoms with Crippen molar-refractivity contribution in [3.63, 3.8) is 0 Å². The van der Waals surface area contributed by atoms with E-state index >= 15 is 0 Å². The van der Waals surface area contributed by atoms with Gasteiger partial charge in [0.2, 0.25) is 5.91 Å². The summed E-state index contributed by atoms with van der Waals surface area (Å²) in [5, 5.41) is 3.26. The molecule has 18 heavy (non-hydrogen) atoms. The molecule has 0 aliphatic rings. The maximum Gasteiger partial charge on any atom is 0.219 e. The molecule has 1 rings (SSSR count). The zero-order chi connectivity index (χ0) is 13.5. The molecule has 1 heterocycles. The molecule has 0 aromatic carbocycles. The zero-order valence-electron chi connectivity index (χ0n) is 11.6. The Kier molecular flexibility index (Phi) is 5.58. The van der Waals surface area contributed by atoms with Gasteiger partial charge in [0.05, 0.1) is 12.2 Å². The molecule has 1 N–H and O–H groups in total. The Morgan fingerprint density at radius 2 is 2.06 bits per heavy atom. The van der Waals surface area contributed by atoms with Gasteiger partial charge in [0.1, 0.15) is 5.82 Å². The Bertz CT molecular complexity index is 392. The van der Waals surface area contributed by atoms with Crippen LogP contribution in [0.4, 0.5) is 5.82 Å². The van der Waals surface area contributed by atoms with E-state index in [-0.39, 0.29) is 5.91 Å². The minimum Gasteiger partial charge on any atom is -0.369 e. The predicted octanol–water partition coefficient (Wildman–Crippen LogP) is 1.03. The second-order valence-corrected chi connectivity index (χ2v) is 4.62. The number of amides is 1. The maximum atomic E-state index is 11.2. The van der Waals surface area contributed by atoms with Crippen LogP contribution in [0.2, 0.25) is 0 Å². The van der Waals surface area contributed by atoms with Crippen LogP contribution in [0.3, 0.4) is 0 Å². The minimum atomic E-state index is 0.0442. The third-order valence-corrected chi connectivity index (χ3v) is 2.61. The van der Waals surface area contributed by atoms with Crippen LogP contribution >= 0.6 is 0 Å². The Labute approximate surface area is 109 Å². The summed E-state index contributed by atoms with van der Waals surface area (Å²) in [5.41, 5.74) is 0.891. The smallest absolute Gasteiger partial charge is 0.219 e. The number of likely N-dealkylation sites (N-methyl/N-ethyl adjacent to an activating group) is 1. The molecular weight excluding hydrogens is 228 g/mol. The van der Waals surface area contributed by atoms with E-state index in [1.54, 1.807) is 18.9 Å². The van der Waals surface area contributed by atoms with Crippen molar-refractivity contribution >= 4 is 11.7 Å². The summed E-state index contributed by atoms with van der Waals surface area (Å²) in [6.07, 6.45) is 0. The lowest BCUT2D eigenvalue weighted by atomic mass is 10.3. The van der Waals surface area contributed by atoms with Crippen molar-refractivity contribution in [1.29, 1.82) is 0 Å². The van der Waals surface area contributed by atoms with E-state index in [1.807, 2.05) is 32.3 Å². The normalized spacial score (nSPS) is 10.5. The van der Waals surface area contributed by atoms with Gasteiger partial charge in [-0.25, -0.2) is 4.98 Å². The van der Waals surface area contributed by atoms with E-state index in [0.29, 0.717) is 6.54 Å². The van der Waals surface area contributed by atoms with Gasteiger partial charge >= 0.3 is 0 Å². The Morgan fingerprint density at radius 3 is 2.67 bits per heavy atom. The highest BCUT2D eigenvalue weighted by Gasteiger charge is 2.04. The Balaban J connectivity index is 2.54. The fourth-order valence-electron chi connectivity index (χ4n) is 1.43. The van der Waals surface area contributed by atoms with Crippen LogP contribution in [-0.4, -0.2) is 54.9 Å². The SMILES string of the molecule is CC(=O)N(C)Cc1cccc(NCCN(C)C)n1. The van der Waals surface area contributed by atoms with Crippen molar-refractivity contribution in [3.8, 4) is 0 Å². The molecule has 0 saturated carbocycles. The largest absolute Gasteiger partial charge is 0.369 e. The third kappa shape index (κ3) is 5.14. The third-order valence-electron chi connectivity index (χ3n) is 2.61. The number of carbonyl (C=O) groups is 1. The highest BCUT2D eigenvalue weighted by molar-refractivity contribution is 5.72. The number of hydrogen-bond acceptors (Lipinski definition) is 4. The molecule has 0 aliphatic heterocycles. The van der Waals surface area contributed by atoms with Crippen molar-refractivity contribution in [2.75, 3.05) is 39.5 Å². The Morgan fingerprint density at radius 1 is 1.33 bits per heavy atom. The zero-order valence-corrected chi connectivity index (χ0v) is 11.6. The standard InChI is InChI=1S/C13H22N4O/c1-11(18)17(4)10-12-6-5-7-13(15-12)14-8-9-16(2)3/h5-7H,8-10H2,1-4H3,(H,14,15). The molecule has 0 saturated heterocycles. The molecular formula is C13H22N4O. The summed E-state index contributed by atoms with van der Waals surface area (Å²) in [5.74, 6) is 0.897. The second-order valence-electron chi connectivity index (χ2n) is 4.62. The van der Waals surface area contributed by atoms with Gasteiger partial charge in [0.25, 0.3) is 0 Å². The van der Waals surface area contributed by atoms with E-state index in [2.05, 4.69) is 15.2 Å². The lowest BCUT2D eigenvalue weighted by Gasteiger charge is -2.15. The van der Waals surface area contributed by atoms with Gasteiger partial charge in [-0.3, -0.25) is 4.79 Å². The predicted molar refractivity (Wildman–Crippen MR) is 73.4 cm³/mol. The Hall–Kier alpha value is -1.62. The summed E-state index contributed by atoms with van der Waals surface area (Å²) < 4.78 is 0. The molecule has 0 spiro atoms. The fourth-order valence-corrected chi connectivity index (χ4v) is 1.43. The van der Waals surface area contributed by atoms with Gasteiger partial charge in [-0.1, -0.05) is 6.07 Å². The lowest BCUT2D eigenvalue weighted by Crippen LogP contribution is -2.24. The first-order chi connectivity index (χ1) is 8.49. The highest BCUT2D eigenvalue weighted by Crippen LogP contribution is 2.06. The van der Waals surface area contributed by atoms with Crippen LogP contribution in [0.1, 0.15) is 12.6 Å². The van der Waals surface area contributed by atoms with E-state index < -0.39 is 0 Å². The number of carbonyl (C=O) groups excluding carboxylic acids is 1. The molecule has 1 amide bonds. The summed E-state index contributed by atoms with van der Waals surface area (Å²) in [4.78, 5) is 19.4. The molecule has 5 heteroatoms. The lowest BCUT2D eigenvalue weighted by molar-refractivity contribution is -0.128. The average Bonchev–Trinajstić information content (AvgIpc) is 2.28. The summed E-state index contributed by atoms with van der Waals surface area (Å²) in [6.45, 7) is 3.91.